The smallest absolute Gasteiger partial charge is 0.253 e. The number of hydrogen-bond acceptors (Lipinski definition) is 3. The maximum atomic E-state index is 12.3. The highest BCUT2D eigenvalue weighted by molar-refractivity contribution is 5.95. The molecule has 0 atom stereocenters. The number of nitrogen functional groups attached to an aromatic ring is 1. The summed E-state index contributed by atoms with van der Waals surface area (Å²) in [4.78, 5) is 14.1. The first-order chi connectivity index (χ1) is 8.24. The number of anilines is 1. The van der Waals surface area contributed by atoms with Crippen LogP contribution in [0, 0.1) is 12.3 Å². The van der Waals surface area contributed by atoms with Crippen LogP contribution in [0.15, 0.2) is 18.2 Å². The molecule has 0 aliphatic rings. The third-order valence-corrected chi connectivity index (χ3v) is 2.68. The van der Waals surface area contributed by atoms with Crippen LogP contribution >= 0.6 is 0 Å². The number of aryl methyl sites for hydroxylation is 1. The number of hydrazine groups is 1. The molecule has 1 amide bonds. The van der Waals surface area contributed by atoms with Gasteiger partial charge in [-0.1, -0.05) is 20.8 Å². The summed E-state index contributed by atoms with van der Waals surface area (Å²) >= 11 is 0. The molecule has 0 saturated carbocycles. The Morgan fingerprint density at radius 3 is 2.44 bits per heavy atom. The van der Waals surface area contributed by atoms with Crippen molar-refractivity contribution in [2.24, 2.45) is 11.3 Å². The zero-order valence-electron chi connectivity index (χ0n) is 11.9. The molecule has 1 aromatic carbocycles. The van der Waals surface area contributed by atoms with Gasteiger partial charge in [-0.15, -0.1) is 0 Å². The molecule has 4 nitrogen and oxygen atoms in total. The highest BCUT2D eigenvalue weighted by atomic mass is 16.2. The van der Waals surface area contributed by atoms with E-state index in [2.05, 4.69) is 26.2 Å². The SMILES string of the molecule is Cc1cc(NN)ccc1C(=O)N(C)CC(C)(C)C. The van der Waals surface area contributed by atoms with Crippen molar-refractivity contribution in [3.8, 4) is 0 Å². The van der Waals surface area contributed by atoms with Crippen LogP contribution in [0.5, 0.6) is 0 Å². The first kappa shape index (κ1) is 14.5. The van der Waals surface area contributed by atoms with Crippen molar-refractivity contribution in [1.82, 2.24) is 4.90 Å². The average Bonchev–Trinajstić information content (AvgIpc) is 2.25. The Kier molecular flexibility index (Phi) is 4.35. The normalized spacial score (nSPS) is 11.2. The molecule has 3 N–H and O–H groups in total. The summed E-state index contributed by atoms with van der Waals surface area (Å²) in [6, 6.07) is 5.50. The highest BCUT2D eigenvalue weighted by Gasteiger charge is 2.19. The molecule has 0 fully saturated rings. The van der Waals surface area contributed by atoms with Gasteiger partial charge in [-0.25, -0.2) is 0 Å². The van der Waals surface area contributed by atoms with E-state index in [0.29, 0.717) is 0 Å². The lowest BCUT2D eigenvalue weighted by atomic mass is 9.95. The number of amides is 1. The van der Waals surface area contributed by atoms with Crippen LogP contribution in [0.25, 0.3) is 0 Å². The van der Waals surface area contributed by atoms with Crippen molar-refractivity contribution < 1.29 is 4.79 Å². The van der Waals surface area contributed by atoms with Gasteiger partial charge in [0.1, 0.15) is 0 Å². The molecule has 0 radical (unpaired) electrons. The van der Waals surface area contributed by atoms with Crippen molar-refractivity contribution in [2.45, 2.75) is 27.7 Å². The fourth-order valence-electron chi connectivity index (χ4n) is 1.98. The second-order valence-corrected chi connectivity index (χ2v) is 5.90. The third-order valence-electron chi connectivity index (χ3n) is 2.68. The molecule has 1 aromatic rings. The van der Waals surface area contributed by atoms with Gasteiger partial charge in [-0.05, 0) is 36.1 Å². The monoisotopic (exact) mass is 249 g/mol. The Labute approximate surface area is 109 Å². The van der Waals surface area contributed by atoms with Gasteiger partial charge in [0.15, 0.2) is 0 Å². The van der Waals surface area contributed by atoms with Gasteiger partial charge < -0.3 is 10.3 Å². The summed E-state index contributed by atoms with van der Waals surface area (Å²) < 4.78 is 0. The van der Waals surface area contributed by atoms with Crippen molar-refractivity contribution in [2.75, 3.05) is 19.0 Å². The molecule has 0 bridgehead atoms. The van der Waals surface area contributed by atoms with Crippen LogP contribution in [-0.2, 0) is 0 Å². The number of benzene rings is 1. The van der Waals surface area contributed by atoms with E-state index in [1.807, 2.05) is 32.2 Å². The Bertz CT molecular complexity index is 435. The van der Waals surface area contributed by atoms with Gasteiger partial charge in [-0.2, -0.15) is 0 Å². The minimum absolute atomic E-state index is 0.0472. The lowest BCUT2D eigenvalue weighted by Crippen LogP contribution is -2.34. The number of nitrogens with zero attached hydrogens (tertiary/aromatic N) is 1. The second-order valence-electron chi connectivity index (χ2n) is 5.90. The molecule has 4 heteroatoms. The molecule has 0 saturated heterocycles. The Morgan fingerprint density at radius 1 is 1.39 bits per heavy atom. The Balaban J connectivity index is 2.90. The van der Waals surface area contributed by atoms with Gasteiger partial charge in [0.2, 0.25) is 0 Å². The molecule has 0 aliphatic carbocycles. The number of nitrogens with one attached hydrogen (secondary N) is 1. The van der Waals surface area contributed by atoms with Crippen LogP contribution < -0.4 is 11.3 Å². The first-order valence-corrected chi connectivity index (χ1v) is 6.07. The zero-order chi connectivity index (χ0) is 13.9. The minimum Gasteiger partial charge on any atom is -0.341 e. The van der Waals surface area contributed by atoms with Gasteiger partial charge >= 0.3 is 0 Å². The predicted octanol–water partition coefficient (Wildman–Crippen LogP) is 2.40. The summed E-state index contributed by atoms with van der Waals surface area (Å²) in [5.41, 5.74) is 5.13. The lowest BCUT2D eigenvalue weighted by molar-refractivity contribution is 0.0745. The second kappa shape index (κ2) is 5.40. The van der Waals surface area contributed by atoms with E-state index in [0.717, 1.165) is 23.4 Å². The van der Waals surface area contributed by atoms with Crippen LogP contribution in [0.1, 0.15) is 36.7 Å². The molecule has 1 rings (SSSR count). The fraction of sp³-hybridized carbons (Fsp3) is 0.500. The van der Waals surface area contributed by atoms with E-state index >= 15 is 0 Å². The summed E-state index contributed by atoms with van der Waals surface area (Å²) in [7, 11) is 1.84. The van der Waals surface area contributed by atoms with Gasteiger partial charge in [0.25, 0.3) is 5.91 Å². The highest BCUT2D eigenvalue weighted by Crippen LogP contribution is 2.19. The van der Waals surface area contributed by atoms with Crippen molar-refractivity contribution >= 4 is 11.6 Å². The molecule has 18 heavy (non-hydrogen) atoms. The quantitative estimate of drug-likeness (QED) is 0.639. The van der Waals surface area contributed by atoms with E-state index < -0.39 is 0 Å². The van der Waals surface area contributed by atoms with E-state index in [1.54, 1.807) is 4.90 Å². The van der Waals surface area contributed by atoms with Crippen molar-refractivity contribution in [3.05, 3.63) is 29.3 Å². The van der Waals surface area contributed by atoms with Crippen LogP contribution in [0.3, 0.4) is 0 Å². The first-order valence-electron chi connectivity index (χ1n) is 6.07. The van der Waals surface area contributed by atoms with E-state index in [4.69, 9.17) is 5.84 Å². The number of carbonyl (C=O) groups excluding carboxylic acids is 1. The average molecular weight is 249 g/mol. The largest absolute Gasteiger partial charge is 0.341 e. The number of nitrogens with two attached hydrogens (primary N) is 1. The van der Waals surface area contributed by atoms with Crippen LogP contribution in [0.2, 0.25) is 0 Å². The predicted molar refractivity (Wildman–Crippen MR) is 75.4 cm³/mol. The summed E-state index contributed by atoms with van der Waals surface area (Å²) in [6.45, 7) is 8.99. The number of rotatable bonds is 3. The maximum absolute atomic E-state index is 12.3. The van der Waals surface area contributed by atoms with E-state index in [1.165, 1.54) is 0 Å². The molecular weight excluding hydrogens is 226 g/mol. The molecule has 100 valence electrons. The standard InChI is InChI=1S/C14H23N3O/c1-10-8-11(16-15)6-7-12(10)13(18)17(5)9-14(2,3)4/h6-8,16H,9,15H2,1-5H3. The van der Waals surface area contributed by atoms with Gasteiger partial charge in [0, 0.05) is 24.8 Å². The number of carbonyl (C=O) groups is 1. The zero-order valence-corrected chi connectivity index (χ0v) is 11.9. The molecule has 0 aromatic heterocycles. The van der Waals surface area contributed by atoms with Crippen LogP contribution in [-0.4, -0.2) is 24.4 Å². The van der Waals surface area contributed by atoms with Gasteiger partial charge in [-0.3, -0.25) is 10.6 Å². The van der Waals surface area contributed by atoms with E-state index in [9.17, 15) is 4.79 Å². The van der Waals surface area contributed by atoms with Crippen molar-refractivity contribution in [1.29, 1.82) is 0 Å². The summed E-state index contributed by atoms with van der Waals surface area (Å²) in [5, 5.41) is 0. The van der Waals surface area contributed by atoms with Gasteiger partial charge in [0.05, 0.1) is 0 Å². The number of hydrogen-bond donors (Lipinski definition) is 2. The maximum Gasteiger partial charge on any atom is 0.253 e. The summed E-state index contributed by atoms with van der Waals surface area (Å²) in [6.07, 6.45) is 0. The Hall–Kier alpha value is -1.55. The van der Waals surface area contributed by atoms with E-state index in [-0.39, 0.29) is 11.3 Å². The molecule has 0 heterocycles. The molecule has 0 unspecified atom stereocenters. The minimum atomic E-state index is 0.0472. The topological polar surface area (TPSA) is 58.4 Å². The molecule has 0 spiro atoms. The van der Waals surface area contributed by atoms with Crippen molar-refractivity contribution in [3.63, 3.8) is 0 Å². The fourth-order valence-corrected chi connectivity index (χ4v) is 1.98. The Morgan fingerprint density at radius 2 is 2.00 bits per heavy atom. The molecule has 0 aliphatic heterocycles. The lowest BCUT2D eigenvalue weighted by Gasteiger charge is -2.27. The van der Waals surface area contributed by atoms with Crippen LogP contribution in [0.4, 0.5) is 5.69 Å². The molecular formula is C14H23N3O. The summed E-state index contributed by atoms with van der Waals surface area (Å²) in [5.74, 6) is 5.39. The third kappa shape index (κ3) is 3.74.